The van der Waals surface area contributed by atoms with Gasteiger partial charge in [0.15, 0.2) is 0 Å². The zero-order chi connectivity index (χ0) is 12.8. The molecule has 0 bridgehead atoms. The summed E-state index contributed by atoms with van der Waals surface area (Å²) in [6, 6.07) is 0.844. The van der Waals surface area contributed by atoms with Crippen molar-refractivity contribution in [2.75, 3.05) is 6.54 Å². The predicted molar refractivity (Wildman–Crippen MR) is 79.8 cm³/mol. The van der Waals surface area contributed by atoms with E-state index in [4.69, 9.17) is 0 Å². The summed E-state index contributed by atoms with van der Waals surface area (Å²) in [5, 5.41) is 3.87. The van der Waals surface area contributed by atoms with Crippen molar-refractivity contribution in [3.8, 4) is 0 Å². The molecular formula is C17H33N. The van der Waals surface area contributed by atoms with Crippen LogP contribution in [0, 0.1) is 17.8 Å². The van der Waals surface area contributed by atoms with E-state index in [2.05, 4.69) is 19.2 Å². The lowest BCUT2D eigenvalue weighted by Gasteiger charge is -2.32. The maximum Gasteiger partial charge on any atom is 0.00673 e. The van der Waals surface area contributed by atoms with Crippen LogP contribution in [0.15, 0.2) is 0 Å². The second-order valence-electron chi connectivity index (χ2n) is 6.83. The fraction of sp³-hybridized carbons (Fsp3) is 1.00. The summed E-state index contributed by atoms with van der Waals surface area (Å²) in [5.41, 5.74) is 0. The fourth-order valence-corrected chi connectivity index (χ4v) is 3.95. The number of hydrogen-bond acceptors (Lipinski definition) is 1. The molecule has 2 rings (SSSR count). The molecule has 1 heteroatoms. The highest BCUT2D eigenvalue weighted by atomic mass is 14.9. The minimum Gasteiger partial charge on any atom is -0.314 e. The Labute approximate surface area is 114 Å². The van der Waals surface area contributed by atoms with Gasteiger partial charge >= 0.3 is 0 Å². The molecule has 0 aromatic rings. The summed E-state index contributed by atoms with van der Waals surface area (Å²) >= 11 is 0. The van der Waals surface area contributed by atoms with Crippen molar-refractivity contribution in [3.63, 3.8) is 0 Å². The SMILES string of the molecule is CCC1CCC(CNC2CCC(CC)CC2)CC1. The van der Waals surface area contributed by atoms with Crippen molar-refractivity contribution >= 4 is 0 Å². The molecule has 18 heavy (non-hydrogen) atoms. The molecule has 0 saturated heterocycles. The first-order valence-electron chi connectivity index (χ1n) is 8.55. The summed E-state index contributed by atoms with van der Waals surface area (Å²) in [6.07, 6.45) is 14.6. The van der Waals surface area contributed by atoms with Gasteiger partial charge in [-0.15, -0.1) is 0 Å². The molecule has 0 aromatic carbocycles. The molecule has 0 heterocycles. The zero-order valence-electron chi connectivity index (χ0n) is 12.6. The van der Waals surface area contributed by atoms with Crippen molar-refractivity contribution in [1.29, 1.82) is 0 Å². The second kappa shape index (κ2) is 7.53. The Balaban J connectivity index is 1.58. The van der Waals surface area contributed by atoms with Gasteiger partial charge in [0.2, 0.25) is 0 Å². The third-order valence-electron chi connectivity index (χ3n) is 5.66. The molecule has 0 radical (unpaired) electrons. The molecule has 0 atom stereocenters. The minimum absolute atomic E-state index is 0.844. The molecule has 0 spiro atoms. The molecule has 2 aliphatic rings. The predicted octanol–water partition coefficient (Wildman–Crippen LogP) is 4.76. The lowest BCUT2D eigenvalue weighted by atomic mass is 9.80. The molecule has 0 aromatic heterocycles. The molecule has 2 saturated carbocycles. The smallest absolute Gasteiger partial charge is 0.00673 e. The van der Waals surface area contributed by atoms with Crippen molar-refractivity contribution < 1.29 is 0 Å². The standard InChI is InChI=1S/C17H33N/c1-3-14-5-7-16(8-6-14)13-18-17-11-9-15(4-2)10-12-17/h14-18H,3-13H2,1-2H3. The maximum atomic E-state index is 3.87. The topological polar surface area (TPSA) is 12.0 Å². The molecule has 1 N–H and O–H groups in total. The van der Waals surface area contributed by atoms with Crippen LogP contribution in [0.4, 0.5) is 0 Å². The fourth-order valence-electron chi connectivity index (χ4n) is 3.95. The molecular weight excluding hydrogens is 218 g/mol. The molecule has 2 fully saturated rings. The average Bonchev–Trinajstić information content (AvgIpc) is 2.46. The van der Waals surface area contributed by atoms with Crippen LogP contribution in [-0.4, -0.2) is 12.6 Å². The van der Waals surface area contributed by atoms with Gasteiger partial charge in [-0.05, 0) is 62.8 Å². The first-order chi connectivity index (χ1) is 8.81. The highest BCUT2D eigenvalue weighted by Crippen LogP contribution is 2.31. The first kappa shape index (κ1) is 14.4. The van der Waals surface area contributed by atoms with Crippen LogP contribution in [0.5, 0.6) is 0 Å². The highest BCUT2D eigenvalue weighted by Gasteiger charge is 2.23. The summed E-state index contributed by atoms with van der Waals surface area (Å²) in [7, 11) is 0. The van der Waals surface area contributed by atoms with Gasteiger partial charge in [-0.1, -0.05) is 39.5 Å². The Bertz CT molecular complexity index is 186. The van der Waals surface area contributed by atoms with Crippen LogP contribution in [0.3, 0.4) is 0 Å². The molecule has 2 aliphatic carbocycles. The van der Waals surface area contributed by atoms with Gasteiger partial charge < -0.3 is 5.32 Å². The third-order valence-corrected chi connectivity index (χ3v) is 5.66. The van der Waals surface area contributed by atoms with Crippen LogP contribution in [0.2, 0.25) is 0 Å². The molecule has 0 unspecified atom stereocenters. The molecule has 106 valence electrons. The number of rotatable bonds is 5. The van der Waals surface area contributed by atoms with Gasteiger partial charge in [-0.3, -0.25) is 0 Å². The number of hydrogen-bond donors (Lipinski definition) is 1. The van der Waals surface area contributed by atoms with Crippen molar-refractivity contribution in [2.45, 2.75) is 84.1 Å². The van der Waals surface area contributed by atoms with E-state index in [9.17, 15) is 0 Å². The normalized spacial score (nSPS) is 37.7. The van der Waals surface area contributed by atoms with E-state index in [0.717, 1.165) is 23.8 Å². The lowest BCUT2D eigenvalue weighted by Crippen LogP contribution is -2.37. The third kappa shape index (κ3) is 4.26. The van der Waals surface area contributed by atoms with E-state index in [1.165, 1.54) is 70.8 Å². The summed E-state index contributed by atoms with van der Waals surface area (Å²) in [5.74, 6) is 3.06. The van der Waals surface area contributed by atoms with E-state index in [-0.39, 0.29) is 0 Å². The Morgan fingerprint density at radius 3 is 1.61 bits per heavy atom. The molecule has 0 amide bonds. The minimum atomic E-state index is 0.844. The Hall–Kier alpha value is -0.0400. The highest BCUT2D eigenvalue weighted by molar-refractivity contribution is 4.79. The second-order valence-corrected chi connectivity index (χ2v) is 6.83. The van der Waals surface area contributed by atoms with Crippen LogP contribution in [-0.2, 0) is 0 Å². The van der Waals surface area contributed by atoms with E-state index in [0.29, 0.717) is 0 Å². The van der Waals surface area contributed by atoms with Gasteiger partial charge in [0.25, 0.3) is 0 Å². The van der Waals surface area contributed by atoms with Gasteiger partial charge in [0.1, 0.15) is 0 Å². The van der Waals surface area contributed by atoms with Gasteiger partial charge in [0.05, 0.1) is 0 Å². The quantitative estimate of drug-likeness (QED) is 0.743. The summed E-state index contributed by atoms with van der Waals surface area (Å²) < 4.78 is 0. The van der Waals surface area contributed by atoms with Gasteiger partial charge in [-0.25, -0.2) is 0 Å². The first-order valence-corrected chi connectivity index (χ1v) is 8.55. The summed E-state index contributed by atoms with van der Waals surface area (Å²) in [6.45, 7) is 6.01. The van der Waals surface area contributed by atoms with Crippen LogP contribution in [0.1, 0.15) is 78.1 Å². The average molecular weight is 251 g/mol. The van der Waals surface area contributed by atoms with Crippen molar-refractivity contribution in [1.82, 2.24) is 5.32 Å². The zero-order valence-corrected chi connectivity index (χ0v) is 12.6. The number of nitrogens with one attached hydrogen (secondary N) is 1. The van der Waals surface area contributed by atoms with Gasteiger partial charge in [-0.2, -0.15) is 0 Å². The lowest BCUT2D eigenvalue weighted by molar-refractivity contribution is 0.234. The van der Waals surface area contributed by atoms with Crippen LogP contribution in [0.25, 0.3) is 0 Å². The van der Waals surface area contributed by atoms with Crippen molar-refractivity contribution in [3.05, 3.63) is 0 Å². The Kier molecular flexibility index (Phi) is 6.01. The van der Waals surface area contributed by atoms with E-state index in [1.54, 1.807) is 0 Å². The van der Waals surface area contributed by atoms with E-state index in [1.807, 2.05) is 0 Å². The largest absolute Gasteiger partial charge is 0.314 e. The van der Waals surface area contributed by atoms with E-state index < -0.39 is 0 Å². The Morgan fingerprint density at radius 2 is 1.11 bits per heavy atom. The maximum absolute atomic E-state index is 3.87. The molecule has 0 aliphatic heterocycles. The van der Waals surface area contributed by atoms with Crippen LogP contribution < -0.4 is 5.32 Å². The van der Waals surface area contributed by atoms with Gasteiger partial charge in [0, 0.05) is 6.04 Å². The summed E-state index contributed by atoms with van der Waals surface area (Å²) in [4.78, 5) is 0. The molecule has 1 nitrogen and oxygen atoms in total. The van der Waals surface area contributed by atoms with Crippen LogP contribution >= 0.6 is 0 Å². The Morgan fingerprint density at radius 1 is 0.667 bits per heavy atom. The monoisotopic (exact) mass is 251 g/mol. The van der Waals surface area contributed by atoms with E-state index >= 15 is 0 Å². The van der Waals surface area contributed by atoms with Crippen molar-refractivity contribution in [2.24, 2.45) is 17.8 Å².